The van der Waals surface area contributed by atoms with Crippen LogP contribution < -0.4 is 9.47 Å². The van der Waals surface area contributed by atoms with Crippen molar-refractivity contribution in [1.82, 2.24) is 4.90 Å². The van der Waals surface area contributed by atoms with E-state index >= 15 is 0 Å². The highest BCUT2D eigenvalue weighted by molar-refractivity contribution is 5.72. The van der Waals surface area contributed by atoms with Crippen LogP contribution in [0.2, 0.25) is 0 Å². The monoisotopic (exact) mass is 483 g/mol. The van der Waals surface area contributed by atoms with Crippen molar-refractivity contribution in [2.24, 2.45) is 5.92 Å². The Bertz CT molecular complexity index is 939. The van der Waals surface area contributed by atoms with Crippen LogP contribution in [0.15, 0.2) is 48.5 Å². The van der Waals surface area contributed by atoms with Crippen molar-refractivity contribution in [2.45, 2.75) is 58.5 Å². The zero-order chi connectivity index (χ0) is 25.0. The number of amides is 1. The molecule has 190 valence electrons. The van der Waals surface area contributed by atoms with E-state index < -0.39 is 12.1 Å². The largest absolute Gasteiger partial charge is 0.492 e. The maximum Gasteiger partial charge on any atom is 0.415 e. The summed E-state index contributed by atoms with van der Waals surface area (Å²) < 4.78 is 16.9. The number of para-hydroxylation sites is 1. The summed E-state index contributed by atoms with van der Waals surface area (Å²) in [6.45, 7) is 5.45. The first-order valence-corrected chi connectivity index (χ1v) is 12.5. The minimum absolute atomic E-state index is 0.295. The molecule has 0 spiro atoms. The van der Waals surface area contributed by atoms with Crippen molar-refractivity contribution < 1.29 is 28.9 Å². The molecule has 1 unspecified atom stereocenters. The molecule has 0 aliphatic heterocycles. The lowest BCUT2D eigenvalue weighted by molar-refractivity contribution is -0.149. The number of aliphatic carboxylic acids is 1. The fraction of sp³-hybridized carbons (Fsp3) is 0.500. The number of hydrogen-bond donors (Lipinski definition) is 1. The first-order chi connectivity index (χ1) is 17.0. The number of nitrogens with zero attached hydrogens (tertiary/aromatic N) is 1. The SMILES string of the molecule is CCOC(Cc1ccc(OCCN(CCC2CCCC2)C(=O)Oc2ccccc2C)cc1)C(=O)O. The number of ether oxygens (including phenoxy) is 3. The van der Waals surface area contributed by atoms with Gasteiger partial charge in [-0.15, -0.1) is 0 Å². The minimum Gasteiger partial charge on any atom is -0.492 e. The summed E-state index contributed by atoms with van der Waals surface area (Å²) in [5, 5.41) is 9.26. The minimum atomic E-state index is -0.970. The molecule has 1 amide bonds. The fourth-order valence-electron chi connectivity index (χ4n) is 4.39. The van der Waals surface area contributed by atoms with Gasteiger partial charge in [-0.3, -0.25) is 0 Å². The van der Waals surface area contributed by atoms with Gasteiger partial charge in [0.1, 0.15) is 18.1 Å². The standard InChI is InChI=1S/C28H37NO6/c1-3-33-26(27(30)31)20-23-12-14-24(15-13-23)34-19-18-29(17-16-22-9-5-6-10-22)28(32)35-25-11-7-4-8-21(25)2/h4,7-8,11-15,22,26H,3,5-6,9-10,16-20H2,1-2H3,(H,30,31). The Kier molecular flexibility index (Phi) is 10.4. The Hall–Kier alpha value is -3.06. The van der Waals surface area contributed by atoms with Gasteiger partial charge in [0.25, 0.3) is 0 Å². The summed E-state index contributed by atoms with van der Waals surface area (Å²) in [6, 6.07) is 14.8. The van der Waals surface area contributed by atoms with Crippen LogP contribution in [0, 0.1) is 12.8 Å². The lowest BCUT2D eigenvalue weighted by Gasteiger charge is -2.24. The molecule has 7 nitrogen and oxygen atoms in total. The number of aryl methyl sites for hydroxylation is 1. The summed E-state index contributed by atoms with van der Waals surface area (Å²) in [7, 11) is 0. The van der Waals surface area contributed by atoms with Crippen molar-refractivity contribution >= 4 is 12.1 Å². The number of carbonyl (C=O) groups is 2. The molecule has 0 radical (unpaired) electrons. The summed E-state index contributed by atoms with van der Waals surface area (Å²) in [6.07, 6.45) is 5.06. The second-order valence-corrected chi connectivity index (χ2v) is 9.04. The maximum absolute atomic E-state index is 13.0. The smallest absolute Gasteiger partial charge is 0.415 e. The molecule has 1 atom stereocenters. The number of rotatable bonds is 13. The number of benzene rings is 2. The van der Waals surface area contributed by atoms with E-state index in [9.17, 15) is 14.7 Å². The van der Waals surface area contributed by atoms with Crippen LogP contribution in [-0.2, 0) is 16.0 Å². The Balaban J connectivity index is 1.54. The van der Waals surface area contributed by atoms with Gasteiger partial charge in [0.05, 0.1) is 6.54 Å². The number of carbonyl (C=O) groups excluding carboxylic acids is 1. The molecule has 2 aromatic carbocycles. The van der Waals surface area contributed by atoms with Gasteiger partial charge in [-0.2, -0.15) is 0 Å². The molecule has 0 saturated heterocycles. The number of hydrogen-bond acceptors (Lipinski definition) is 5. The molecular formula is C28H37NO6. The van der Waals surface area contributed by atoms with E-state index in [1.54, 1.807) is 17.9 Å². The first kappa shape index (κ1) is 26.5. The van der Waals surface area contributed by atoms with Crippen LogP contribution in [0.4, 0.5) is 4.79 Å². The zero-order valence-electron chi connectivity index (χ0n) is 20.8. The van der Waals surface area contributed by atoms with Crippen LogP contribution in [0.1, 0.15) is 50.2 Å². The number of carboxylic acid groups (broad SMARTS) is 1. The van der Waals surface area contributed by atoms with Crippen molar-refractivity contribution in [3.8, 4) is 11.5 Å². The van der Waals surface area contributed by atoms with E-state index in [0.717, 1.165) is 17.5 Å². The second-order valence-electron chi connectivity index (χ2n) is 9.04. The lowest BCUT2D eigenvalue weighted by Crippen LogP contribution is -2.38. The van der Waals surface area contributed by atoms with Gasteiger partial charge in [-0.1, -0.05) is 56.0 Å². The molecule has 1 fully saturated rings. The van der Waals surface area contributed by atoms with Crippen LogP contribution in [0.25, 0.3) is 0 Å². The van der Waals surface area contributed by atoms with E-state index in [-0.39, 0.29) is 6.09 Å². The summed E-state index contributed by atoms with van der Waals surface area (Å²) in [4.78, 5) is 26.0. The highest BCUT2D eigenvalue weighted by atomic mass is 16.6. The predicted molar refractivity (Wildman–Crippen MR) is 134 cm³/mol. The van der Waals surface area contributed by atoms with E-state index in [1.165, 1.54) is 25.7 Å². The van der Waals surface area contributed by atoms with E-state index in [1.807, 2.05) is 49.4 Å². The molecular weight excluding hydrogens is 446 g/mol. The van der Waals surface area contributed by atoms with E-state index in [2.05, 4.69) is 0 Å². The molecule has 2 aromatic rings. The molecule has 1 aliphatic rings. The third-order valence-electron chi connectivity index (χ3n) is 6.45. The third kappa shape index (κ3) is 8.58. The molecule has 1 saturated carbocycles. The van der Waals surface area contributed by atoms with Gasteiger partial charge in [0.2, 0.25) is 0 Å². The average Bonchev–Trinajstić information content (AvgIpc) is 3.37. The van der Waals surface area contributed by atoms with Gasteiger partial charge < -0.3 is 24.2 Å². The Morgan fingerprint density at radius 1 is 1.06 bits per heavy atom. The average molecular weight is 484 g/mol. The van der Waals surface area contributed by atoms with Crippen molar-refractivity contribution in [1.29, 1.82) is 0 Å². The molecule has 3 rings (SSSR count). The normalized spacial score (nSPS) is 14.5. The highest BCUT2D eigenvalue weighted by Gasteiger charge is 2.21. The maximum atomic E-state index is 13.0. The van der Waals surface area contributed by atoms with Gasteiger partial charge in [-0.25, -0.2) is 9.59 Å². The van der Waals surface area contributed by atoms with Gasteiger partial charge in [0.15, 0.2) is 6.10 Å². The highest BCUT2D eigenvalue weighted by Crippen LogP contribution is 2.28. The topological polar surface area (TPSA) is 85.3 Å². The van der Waals surface area contributed by atoms with Gasteiger partial charge in [0, 0.05) is 19.6 Å². The van der Waals surface area contributed by atoms with E-state index in [0.29, 0.717) is 50.1 Å². The Morgan fingerprint density at radius 2 is 1.77 bits per heavy atom. The van der Waals surface area contributed by atoms with Gasteiger partial charge in [-0.05, 0) is 55.5 Å². The molecule has 7 heteroatoms. The molecule has 35 heavy (non-hydrogen) atoms. The molecule has 0 aromatic heterocycles. The molecule has 0 bridgehead atoms. The lowest BCUT2D eigenvalue weighted by atomic mass is 10.0. The van der Waals surface area contributed by atoms with Crippen molar-refractivity contribution in [2.75, 3.05) is 26.3 Å². The first-order valence-electron chi connectivity index (χ1n) is 12.5. The van der Waals surface area contributed by atoms with Crippen molar-refractivity contribution in [3.05, 3.63) is 59.7 Å². The number of carboxylic acids is 1. The van der Waals surface area contributed by atoms with Crippen molar-refractivity contribution in [3.63, 3.8) is 0 Å². The Labute approximate surface area is 208 Å². The van der Waals surface area contributed by atoms with Crippen LogP contribution >= 0.6 is 0 Å². The fourth-order valence-corrected chi connectivity index (χ4v) is 4.39. The van der Waals surface area contributed by atoms with Crippen LogP contribution in [0.3, 0.4) is 0 Å². The second kappa shape index (κ2) is 13.7. The quantitative estimate of drug-likeness (QED) is 0.406. The third-order valence-corrected chi connectivity index (χ3v) is 6.45. The Morgan fingerprint density at radius 3 is 2.43 bits per heavy atom. The van der Waals surface area contributed by atoms with E-state index in [4.69, 9.17) is 14.2 Å². The molecule has 1 aliphatic carbocycles. The summed E-state index contributed by atoms with van der Waals surface area (Å²) >= 11 is 0. The molecule has 1 N–H and O–H groups in total. The zero-order valence-corrected chi connectivity index (χ0v) is 20.8. The molecule has 0 heterocycles. The summed E-state index contributed by atoms with van der Waals surface area (Å²) in [5.41, 5.74) is 1.78. The van der Waals surface area contributed by atoms with Crippen LogP contribution in [0.5, 0.6) is 11.5 Å². The predicted octanol–water partition coefficient (Wildman–Crippen LogP) is 5.49. The summed E-state index contributed by atoms with van der Waals surface area (Å²) in [5.74, 6) is 0.942. The van der Waals surface area contributed by atoms with Crippen LogP contribution in [-0.4, -0.2) is 54.5 Å². The van der Waals surface area contributed by atoms with Gasteiger partial charge >= 0.3 is 12.1 Å².